The Morgan fingerprint density at radius 3 is 2.81 bits per heavy atom. The van der Waals surface area contributed by atoms with Crippen LogP contribution in [-0.2, 0) is 4.74 Å². The minimum atomic E-state index is 0.774. The molecule has 0 amide bonds. The molecule has 1 atom stereocenters. The summed E-state index contributed by atoms with van der Waals surface area (Å²) in [4.78, 5) is 2.67. The van der Waals surface area contributed by atoms with Gasteiger partial charge in [-0.25, -0.2) is 0 Å². The van der Waals surface area contributed by atoms with Crippen LogP contribution in [0.4, 0.5) is 0 Å². The van der Waals surface area contributed by atoms with Crippen molar-refractivity contribution in [2.24, 2.45) is 0 Å². The summed E-state index contributed by atoms with van der Waals surface area (Å²) in [6.07, 6.45) is 6.43. The van der Waals surface area contributed by atoms with Crippen molar-refractivity contribution < 1.29 is 4.74 Å². The summed E-state index contributed by atoms with van der Waals surface area (Å²) in [5.74, 6) is 0. The first-order valence-electron chi connectivity index (χ1n) is 6.82. The second-order valence-electron chi connectivity index (χ2n) is 4.74. The molecule has 1 unspecified atom stereocenters. The van der Waals surface area contributed by atoms with Gasteiger partial charge in [-0.3, -0.25) is 4.90 Å². The fourth-order valence-electron chi connectivity index (χ4n) is 2.47. The molecule has 96 valence electrons. The SMILES string of the molecule is CCCN(CCCCOC)C1CCCNC1. The van der Waals surface area contributed by atoms with Crippen molar-refractivity contribution in [1.29, 1.82) is 0 Å². The Labute approximate surface area is 101 Å². The topological polar surface area (TPSA) is 24.5 Å². The van der Waals surface area contributed by atoms with Crippen LogP contribution >= 0.6 is 0 Å². The third kappa shape index (κ3) is 5.28. The highest BCUT2D eigenvalue weighted by molar-refractivity contribution is 4.78. The molecule has 1 saturated heterocycles. The van der Waals surface area contributed by atoms with Crippen molar-refractivity contribution in [3.05, 3.63) is 0 Å². The molecule has 1 aliphatic heterocycles. The van der Waals surface area contributed by atoms with Crippen molar-refractivity contribution in [1.82, 2.24) is 10.2 Å². The monoisotopic (exact) mass is 228 g/mol. The van der Waals surface area contributed by atoms with E-state index < -0.39 is 0 Å². The first-order chi connectivity index (χ1) is 7.88. The molecule has 1 fully saturated rings. The zero-order valence-electron chi connectivity index (χ0n) is 11.0. The van der Waals surface area contributed by atoms with Crippen LogP contribution in [0.2, 0.25) is 0 Å². The molecular formula is C13H28N2O. The molecule has 0 spiro atoms. The van der Waals surface area contributed by atoms with E-state index in [1.54, 1.807) is 7.11 Å². The van der Waals surface area contributed by atoms with E-state index in [0.29, 0.717) is 0 Å². The highest BCUT2D eigenvalue weighted by Gasteiger charge is 2.19. The maximum Gasteiger partial charge on any atom is 0.0462 e. The standard InChI is InChI=1S/C13H28N2O/c1-3-9-15(10-4-5-11-16-2)13-7-6-8-14-12-13/h13-14H,3-12H2,1-2H3. The largest absolute Gasteiger partial charge is 0.385 e. The average molecular weight is 228 g/mol. The molecule has 16 heavy (non-hydrogen) atoms. The molecule has 1 aliphatic rings. The van der Waals surface area contributed by atoms with Crippen LogP contribution in [0.5, 0.6) is 0 Å². The van der Waals surface area contributed by atoms with Crippen molar-refractivity contribution in [2.45, 2.75) is 45.1 Å². The molecular weight excluding hydrogens is 200 g/mol. The molecule has 1 N–H and O–H groups in total. The molecule has 0 aromatic rings. The molecule has 3 nitrogen and oxygen atoms in total. The summed E-state index contributed by atoms with van der Waals surface area (Å²) in [5, 5.41) is 3.51. The van der Waals surface area contributed by atoms with Gasteiger partial charge in [-0.05, 0) is 51.7 Å². The van der Waals surface area contributed by atoms with Crippen molar-refractivity contribution >= 4 is 0 Å². The van der Waals surface area contributed by atoms with E-state index in [1.807, 2.05) is 0 Å². The number of ether oxygens (including phenoxy) is 1. The van der Waals surface area contributed by atoms with Crippen molar-refractivity contribution in [3.8, 4) is 0 Å². The van der Waals surface area contributed by atoms with Gasteiger partial charge in [0, 0.05) is 26.3 Å². The Kier molecular flexibility index (Phi) is 7.81. The number of piperidine rings is 1. The fraction of sp³-hybridized carbons (Fsp3) is 1.00. The highest BCUT2D eigenvalue weighted by atomic mass is 16.5. The van der Waals surface area contributed by atoms with Crippen molar-refractivity contribution in [3.63, 3.8) is 0 Å². The lowest BCUT2D eigenvalue weighted by atomic mass is 10.1. The van der Waals surface area contributed by atoms with E-state index >= 15 is 0 Å². The molecule has 0 bridgehead atoms. The minimum absolute atomic E-state index is 0.774. The van der Waals surface area contributed by atoms with Gasteiger partial charge in [0.15, 0.2) is 0 Å². The Balaban J connectivity index is 2.22. The molecule has 0 aromatic heterocycles. The lowest BCUT2D eigenvalue weighted by Gasteiger charge is -2.34. The lowest BCUT2D eigenvalue weighted by molar-refractivity contribution is 0.149. The minimum Gasteiger partial charge on any atom is -0.385 e. The summed E-state index contributed by atoms with van der Waals surface area (Å²) in [6, 6.07) is 0.774. The van der Waals surface area contributed by atoms with E-state index in [1.165, 1.54) is 58.3 Å². The lowest BCUT2D eigenvalue weighted by Crippen LogP contribution is -2.46. The first-order valence-corrected chi connectivity index (χ1v) is 6.82. The van der Waals surface area contributed by atoms with Crippen LogP contribution in [0.1, 0.15) is 39.0 Å². The summed E-state index contributed by atoms with van der Waals surface area (Å²) in [5.41, 5.74) is 0. The van der Waals surface area contributed by atoms with E-state index in [4.69, 9.17) is 4.74 Å². The van der Waals surface area contributed by atoms with E-state index in [2.05, 4.69) is 17.1 Å². The van der Waals surface area contributed by atoms with Crippen LogP contribution in [0, 0.1) is 0 Å². The second kappa shape index (κ2) is 8.97. The number of hydrogen-bond donors (Lipinski definition) is 1. The normalized spacial score (nSPS) is 21.6. The maximum absolute atomic E-state index is 5.10. The van der Waals surface area contributed by atoms with Crippen LogP contribution < -0.4 is 5.32 Å². The summed E-state index contributed by atoms with van der Waals surface area (Å²) < 4.78 is 5.10. The van der Waals surface area contributed by atoms with Crippen LogP contribution in [0.3, 0.4) is 0 Å². The van der Waals surface area contributed by atoms with Crippen LogP contribution in [0.25, 0.3) is 0 Å². The quantitative estimate of drug-likeness (QED) is 0.642. The molecule has 0 radical (unpaired) electrons. The van der Waals surface area contributed by atoms with Gasteiger partial charge in [0.05, 0.1) is 0 Å². The molecule has 0 aliphatic carbocycles. The van der Waals surface area contributed by atoms with Gasteiger partial charge in [-0.1, -0.05) is 6.92 Å². The van der Waals surface area contributed by atoms with E-state index in [0.717, 1.165) is 12.6 Å². The highest BCUT2D eigenvalue weighted by Crippen LogP contribution is 2.12. The maximum atomic E-state index is 5.10. The Bertz CT molecular complexity index is 158. The van der Waals surface area contributed by atoms with Gasteiger partial charge in [0.25, 0.3) is 0 Å². The van der Waals surface area contributed by atoms with Gasteiger partial charge in [-0.15, -0.1) is 0 Å². The number of unbranched alkanes of at least 4 members (excludes halogenated alkanes) is 1. The van der Waals surface area contributed by atoms with Crippen molar-refractivity contribution in [2.75, 3.05) is 39.9 Å². The summed E-state index contributed by atoms with van der Waals surface area (Å²) in [7, 11) is 1.79. The number of rotatable bonds is 8. The number of methoxy groups -OCH3 is 1. The summed E-state index contributed by atoms with van der Waals surface area (Å²) in [6.45, 7) is 8.06. The van der Waals surface area contributed by atoms with Gasteiger partial charge >= 0.3 is 0 Å². The Morgan fingerprint density at radius 1 is 1.31 bits per heavy atom. The third-order valence-electron chi connectivity index (χ3n) is 3.34. The zero-order valence-corrected chi connectivity index (χ0v) is 11.0. The molecule has 0 saturated carbocycles. The van der Waals surface area contributed by atoms with Gasteiger partial charge in [0.1, 0.15) is 0 Å². The summed E-state index contributed by atoms with van der Waals surface area (Å²) >= 11 is 0. The number of hydrogen-bond acceptors (Lipinski definition) is 3. The van der Waals surface area contributed by atoms with Gasteiger partial charge in [0.2, 0.25) is 0 Å². The number of nitrogens with one attached hydrogen (secondary N) is 1. The molecule has 3 heteroatoms. The Morgan fingerprint density at radius 2 is 2.19 bits per heavy atom. The zero-order chi connectivity index (χ0) is 11.6. The van der Waals surface area contributed by atoms with Gasteiger partial charge in [-0.2, -0.15) is 0 Å². The average Bonchev–Trinajstić information content (AvgIpc) is 2.34. The first kappa shape index (κ1) is 13.9. The predicted octanol–water partition coefficient (Wildman–Crippen LogP) is 1.88. The second-order valence-corrected chi connectivity index (χ2v) is 4.74. The van der Waals surface area contributed by atoms with Crippen LogP contribution in [0.15, 0.2) is 0 Å². The molecule has 1 heterocycles. The van der Waals surface area contributed by atoms with E-state index in [-0.39, 0.29) is 0 Å². The molecule has 1 rings (SSSR count). The smallest absolute Gasteiger partial charge is 0.0462 e. The van der Waals surface area contributed by atoms with Gasteiger partial charge < -0.3 is 10.1 Å². The molecule has 0 aromatic carbocycles. The van der Waals surface area contributed by atoms with Crippen LogP contribution in [-0.4, -0.2) is 50.8 Å². The van der Waals surface area contributed by atoms with E-state index in [9.17, 15) is 0 Å². The predicted molar refractivity (Wildman–Crippen MR) is 68.9 cm³/mol. The third-order valence-corrected chi connectivity index (χ3v) is 3.34. The number of nitrogens with zero attached hydrogens (tertiary/aromatic N) is 1. The Hall–Kier alpha value is -0.120. The fourth-order valence-corrected chi connectivity index (χ4v) is 2.47.